The van der Waals surface area contributed by atoms with Gasteiger partial charge >= 0.3 is 0 Å². The second kappa shape index (κ2) is 9.03. The van der Waals surface area contributed by atoms with Crippen LogP contribution in [0.25, 0.3) is 0 Å². The van der Waals surface area contributed by atoms with Crippen LogP contribution in [0, 0.1) is 0 Å². The highest BCUT2D eigenvalue weighted by molar-refractivity contribution is 7.89. The molecule has 1 amide bonds. The standard InChI is InChI=1S/C19H21N3O8S2/c23-19(14-1-6-17-18(13-14)30-12-11-29-17)20-21-31(24,25)15-2-4-16(5-3-15)32(26,27)22-7-9-28-10-8-22/h1-6,13,21H,7-12H2,(H,20,23). The predicted octanol–water partition coefficient (Wildman–Crippen LogP) is 0.102. The van der Waals surface area contributed by atoms with Crippen LogP contribution >= 0.6 is 0 Å². The Balaban J connectivity index is 1.43. The second-order valence-electron chi connectivity index (χ2n) is 6.91. The smallest absolute Gasteiger partial charge is 0.266 e. The van der Waals surface area contributed by atoms with Crippen molar-refractivity contribution in [2.24, 2.45) is 0 Å². The first kappa shape index (κ1) is 22.5. The first-order chi connectivity index (χ1) is 15.3. The summed E-state index contributed by atoms with van der Waals surface area (Å²) < 4.78 is 67.6. The molecule has 2 aromatic carbocycles. The largest absolute Gasteiger partial charge is 0.486 e. The number of fused-ring (bicyclic) bond motifs is 1. The minimum atomic E-state index is -4.13. The predicted molar refractivity (Wildman–Crippen MR) is 111 cm³/mol. The van der Waals surface area contributed by atoms with Crippen LogP contribution in [0.4, 0.5) is 0 Å². The van der Waals surface area contributed by atoms with E-state index in [9.17, 15) is 21.6 Å². The molecule has 2 N–H and O–H groups in total. The zero-order chi connectivity index (χ0) is 22.8. The number of benzene rings is 2. The van der Waals surface area contributed by atoms with Gasteiger partial charge < -0.3 is 14.2 Å². The van der Waals surface area contributed by atoms with E-state index in [4.69, 9.17) is 14.2 Å². The molecule has 0 spiro atoms. The van der Waals surface area contributed by atoms with Gasteiger partial charge in [0.05, 0.1) is 23.0 Å². The lowest BCUT2D eigenvalue weighted by atomic mass is 10.2. The van der Waals surface area contributed by atoms with Gasteiger partial charge in [0.25, 0.3) is 15.9 Å². The van der Waals surface area contributed by atoms with Crippen molar-refractivity contribution in [1.29, 1.82) is 0 Å². The zero-order valence-corrected chi connectivity index (χ0v) is 18.4. The Bertz CT molecular complexity index is 1210. The molecule has 172 valence electrons. The number of carbonyl (C=O) groups is 1. The number of carbonyl (C=O) groups excluding carboxylic acids is 1. The van der Waals surface area contributed by atoms with Crippen molar-refractivity contribution in [3.05, 3.63) is 48.0 Å². The van der Waals surface area contributed by atoms with Crippen LogP contribution in [-0.4, -0.2) is 66.6 Å². The van der Waals surface area contributed by atoms with E-state index in [-0.39, 0.29) is 28.4 Å². The molecule has 2 aliphatic rings. The van der Waals surface area contributed by atoms with Crippen LogP contribution in [0.5, 0.6) is 11.5 Å². The summed E-state index contributed by atoms with van der Waals surface area (Å²) in [7, 11) is -7.88. The SMILES string of the molecule is O=C(NNS(=O)(=O)c1ccc(S(=O)(=O)N2CCOCC2)cc1)c1ccc2c(c1)OCCO2. The lowest BCUT2D eigenvalue weighted by Crippen LogP contribution is -2.41. The molecule has 2 aromatic rings. The third-order valence-electron chi connectivity index (χ3n) is 4.85. The maximum Gasteiger partial charge on any atom is 0.266 e. The first-order valence-corrected chi connectivity index (χ1v) is 12.6. The number of hydrogen-bond donors (Lipinski definition) is 2. The molecule has 0 aliphatic carbocycles. The monoisotopic (exact) mass is 483 g/mol. The Hall–Kier alpha value is -2.71. The van der Waals surface area contributed by atoms with Gasteiger partial charge in [-0.15, -0.1) is 4.83 Å². The maximum absolute atomic E-state index is 12.7. The molecule has 0 radical (unpaired) electrons. The molecular formula is C19H21N3O8S2. The van der Waals surface area contributed by atoms with Gasteiger partial charge in [0.15, 0.2) is 11.5 Å². The number of nitrogens with zero attached hydrogens (tertiary/aromatic N) is 1. The molecule has 13 heteroatoms. The molecule has 11 nitrogen and oxygen atoms in total. The number of ether oxygens (including phenoxy) is 3. The zero-order valence-electron chi connectivity index (χ0n) is 16.8. The summed E-state index contributed by atoms with van der Waals surface area (Å²) >= 11 is 0. The number of nitrogens with one attached hydrogen (secondary N) is 2. The van der Waals surface area contributed by atoms with Crippen LogP contribution < -0.4 is 19.7 Å². The fourth-order valence-electron chi connectivity index (χ4n) is 3.16. The topological polar surface area (TPSA) is 140 Å². The number of sulfonamides is 2. The van der Waals surface area contributed by atoms with Gasteiger partial charge in [0.1, 0.15) is 13.2 Å². The molecule has 32 heavy (non-hydrogen) atoms. The second-order valence-corrected chi connectivity index (χ2v) is 10.5. The van der Waals surface area contributed by atoms with Crippen molar-refractivity contribution in [2.45, 2.75) is 9.79 Å². The Labute approximate surface area is 185 Å². The molecule has 1 saturated heterocycles. The molecule has 1 fully saturated rings. The van der Waals surface area contributed by atoms with Crippen molar-refractivity contribution in [3.8, 4) is 11.5 Å². The quantitative estimate of drug-likeness (QED) is 0.552. The Kier molecular flexibility index (Phi) is 6.35. The molecule has 0 aromatic heterocycles. The third-order valence-corrected chi connectivity index (χ3v) is 8.02. The first-order valence-electron chi connectivity index (χ1n) is 9.67. The van der Waals surface area contributed by atoms with E-state index in [0.717, 1.165) is 12.1 Å². The third kappa shape index (κ3) is 4.71. The van der Waals surface area contributed by atoms with E-state index >= 15 is 0 Å². The van der Waals surface area contributed by atoms with Gasteiger partial charge in [-0.2, -0.15) is 4.31 Å². The summed E-state index contributed by atoms with van der Waals surface area (Å²) in [5, 5.41) is 0. The number of morpholine rings is 1. The Morgan fingerprint density at radius 1 is 0.812 bits per heavy atom. The number of amides is 1. The normalized spacial score (nSPS) is 17.0. The summed E-state index contributed by atoms with van der Waals surface area (Å²) in [6.45, 7) is 1.83. The van der Waals surface area contributed by atoms with E-state index in [1.165, 1.54) is 28.6 Å². The molecule has 2 heterocycles. The Morgan fingerprint density at radius 3 is 2.12 bits per heavy atom. The van der Waals surface area contributed by atoms with Gasteiger partial charge in [-0.1, -0.05) is 0 Å². The lowest BCUT2D eigenvalue weighted by molar-refractivity contribution is 0.0730. The van der Waals surface area contributed by atoms with Crippen LogP contribution in [0.1, 0.15) is 10.4 Å². The minimum Gasteiger partial charge on any atom is -0.486 e. The Morgan fingerprint density at radius 2 is 1.44 bits per heavy atom. The fraction of sp³-hybridized carbons (Fsp3) is 0.316. The summed E-state index contributed by atoms with van der Waals surface area (Å²) in [4.78, 5) is 14.1. The fourth-order valence-corrected chi connectivity index (χ4v) is 5.40. The maximum atomic E-state index is 12.7. The average Bonchev–Trinajstić information content (AvgIpc) is 2.83. The van der Waals surface area contributed by atoms with E-state index in [1.807, 2.05) is 4.83 Å². The van der Waals surface area contributed by atoms with Crippen molar-refractivity contribution >= 4 is 26.0 Å². The highest BCUT2D eigenvalue weighted by atomic mass is 32.2. The van der Waals surface area contributed by atoms with Crippen LogP contribution in [0.15, 0.2) is 52.3 Å². The summed E-state index contributed by atoms with van der Waals surface area (Å²) in [5.41, 5.74) is 2.30. The molecule has 0 bridgehead atoms. The van der Waals surface area contributed by atoms with Crippen LogP contribution in [-0.2, 0) is 24.8 Å². The van der Waals surface area contributed by atoms with Gasteiger partial charge in [-0.3, -0.25) is 10.2 Å². The van der Waals surface area contributed by atoms with Crippen molar-refractivity contribution in [3.63, 3.8) is 0 Å². The molecule has 4 rings (SSSR count). The molecule has 0 saturated carbocycles. The van der Waals surface area contributed by atoms with Crippen molar-refractivity contribution in [1.82, 2.24) is 14.6 Å². The van der Waals surface area contributed by atoms with E-state index < -0.39 is 26.0 Å². The molecule has 2 aliphatic heterocycles. The van der Waals surface area contributed by atoms with Gasteiger partial charge in [-0.25, -0.2) is 16.8 Å². The lowest BCUT2D eigenvalue weighted by Gasteiger charge is -2.26. The van der Waals surface area contributed by atoms with Gasteiger partial charge in [-0.05, 0) is 42.5 Å². The van der Waals surface area contributed by atoms with Gasteiger partial charge in [0, 0.05) is 18.7 Å². The summed E-state index contributed by atoms with van der Waals surface area (Å²) in [6.07, 6.45) is 0. The van der Waals surface area contributed by atoms with Gasteiger partial charge in [0.2, 0.25) is 10.0 Å². The number of hydrazine groups is 1. The van der Waals surface area contributed by atoms with E-state index in [0.29, 0.717) is 37.9 Å². The number of rotatable bonds is 6. The van der Waals surface area contributed by atoms with Crippen molar-refractivity contribution < 1.29 is 35.8 Å². The molecular weight excluding hydrogens is 462 g/mol. The van der Waals surface area contributed by atoms with E-state index in [1.54, 1.807) is 6.07 Å². The number of hydrogen-bond acceptors (Lipinski definition) is 8. The van der Waals surface area contributed by atoms with Crippen molar-refractivity contribution in [2.75, 3.05) is 39.5 Å². The molecule has 0 unspecified atom stereocenters. The highest BCUT2D eigenvalue weighted by Crippen LogP contribution is 2.30. The minimum absolute atomic E-state index is 0.0290. The highest BCUT2D eigenvalue weighted by Gasteiger charge is 2.27. The van der Waals surface area contributed by atoms with Crippen LogP contribution in [0.2, 0.25) is 0 Å². The summed E-state index contributed by atoms with van der Waals surface area (Å²) in [5.74, 6) is 0.196. The van der Waals surface area contributed by atoms with E-state index in [2.05, 4.69) is 5.43 Å². The molecule has 0 atom stereocenters. The van der Waals surface area contributed by atoms with Crippen LogP contribution in [0.3, 0.4) is 0 Å². The summed E-state index contributed by atoms with van der Waals surface area (Å²) in [6, 6.07) is 9.22. The average molecular weight is 484 g/mol.